The number of aromatic nitrogens is 5. The first-order valence-electron chi connectivity index (χ1n) is 5.38. The van der Waals surface area contributed by atoms with Gasteiger partial charge in [-0.3, -0.25) is 4.68 Å². The van der Waals surface area contributed by atoms with Gasteiger partial charge in [-0.25, -0.2) is 4.98 Å². The maximum atomic E-state index is 4.14. The lowest BCUT2D eigenvalue weighted by atomic mass is 10.4. The van der Waals surface area contributed by atoms with Gasteiger partial charge in [0.15, 0.2) is 0 Å². The van der Waals surface area contributed by atoms with Crippen molar-refractivity contribution in [3.05, 3.63) is 30.6 Å². The van der Waals surface area contributed by atoms with E-state index in [1.165, 1.54) is 5.69 Å². The van der Waals surface area contributed by atoms with Crippen LogP contribution in [0.1, 0.15) is 12.1 Å². The molecule has 2 aromatic heterocycles. The molecule has 0 saturated carbocycles. The first-order chi connectivity index (χ1) is 7.90. The van der Waals surface area contributed by atoms with Gasteiger partial charge in [-0.1, -0.05) is 5.21 Å². The largest absolute Gasteiger partial charge is 0.333 e. The second-order valence-corrected chi connectivity index (χ2v) is 3.63. The van der Waals surface area contributed by atoms with Gasteiger partial charge >= 0.3 is 0 Å². The Bertz CT molecular complexity index is 405. The number of hydrogen-bond donors (Lipinski definition) is 1. The van der Waals surface area contributed by atoms with Crippen molar-refractivity contribution in [2.75, 3.05) is 7.05 Å². The van der Waals surface area contributed by atoms with Crippen molar-refractivity contribution in [3.63, 3.8) is 0 Å². The zero-order valence-electron chi connectivity index (χ0n) is 9.37. The summed E-state index contributed by atoms with van der Waals surface area (Å²) in [7, 11) is 1.94. The standard InChI is InChI=1S/C10H16N6/c1-11-7-10-8-12-9-15(10)4-2-5-16-6-3-13-14-16/h3,6,8-9,11H,2,4-5,7H2,1H3. The Kier molecular flexibility index (Phi) is 3.66. The average Bonchev–Trinajstić information content (AvgIpc) is 2.91. The summed E-state index contributed by atoms with van der Waals surface area (Å²) in [5.74, 6) is 0. The molecule has 0 fully saturated rings. The van der Waals surface area contributed by atoms with E-state index in [4.69, 9.17) is 0 Å². The maximum absolute atomic E-state index is 4.14. The zero-order valence-corrected chi connectivity index (χ0v) is 9.37. The smallest absolute Gasteiger partial charge is 0.0948 e. The molecule has 0 atom stereocenters. The average molecular weight is 220 g/mol. The Balaban J connectivity index is 1.82. The van der Waals surface area contributed by atoms with E-state index in [0.29, 0.717) is 0 Å². The van der Waals surface area contributed by atoms with Crippen molar-refractivity contribution < 1.29 is 0 Å². The minimum absolute atomic E-state index is 0.851. The lowest BCUT2D eigenvalue weighted by Crippen LogP contribution is -2.12. The van der Waals surface area contributed by atoms with Crippen LogP contribution in [0.3, 0.4) is 0 Å². The van der Waals surface area contributed by atoms with Crippen LogP contribution in [0.2, 0.25) is 0 Å². The fourth-order valence-corrected chi connectivity index (χ4v) is 1.63. The summed E-state index contributed by atoms with van der Waals surface area (Å²) < 4.78 is 4.00. The van der Waals surface area contributed by atoms with Gasteiger partial charge in [0.2, 0.25) is 0 Å². The summed E-state index contributed by atoms with van der Waals surface area (Å²) in [6, 6.07) is 0. The monoisotopic (exact) mass is 220 g/mol. The van der Waals surface area contributed by atoms with Crippen LogP contribution in [0.15, 0.2) is 24.9 Å². The first-order valence-corrected chi connectivity index (χ1v) is 5.38. The van der Waals surface area contributed by atoms with Gasteiger partial charge in [0.1, 0.15) is 0 Å². The Morgan fingerprint density at radius 1 is 1.38 bits per heavy atom. The highest BCUT2D eigenvalue weighted by Crippen LogP contribution is 2.01. The van der Waals surface area contributed by atoms with Crippen LogP contribution in [-0.4, -0.2) is 31.6 Å². The number of imidazole rings is 1. The highest BCUT2D eigenvalue weighted by atomic mass is 15.4. The third kappa shape index (κ3) is 2.66. The number of aryl methyl sites for hydroxylation is 2. The lowest BCUT2D eigenvalue weighted by molar-refractivity contribution is 0.505. The van der Waals surface area contributed by atoms with E-state index in [-0.39, 0.29) is 0 Å². The molecular formula is C10H16N6. The summed E-state index contributed by atoms with van der Waals surface area (Å²) in [5, 5.41) is 10.8. The summed E-state index contributed by atoms with van der Waals surface area (Å²) in [5.41, 5.74) is 1.21. The molecule has 2 heterocycles. The van der Waals surface area contributed by atoms with Crippen LogP contribution in [0.5, 0.6) is 0 Å². The predicted molar refractivity (Wildman–Crippen MR) is 59.6 cm³/mol. The molecule has 1 N–H and O–H groups in total. The Morgan fingerprint density at radius 2 is 2.31 bits per heavy atom. The molecule has 0 radical (unpaired) electrons. The second-order valence-electron chi connectivity index (χ2n) is 3.63. The SMILES string of the molecule is CNCc1cncn1CCCn1ccnn1. The number of rotatable bonds is 6. The molecule has 0 aromatic carbocycles. The van der Waals surface area contributed by atoms with Crippen molar-refractivity contribution in [2.45, 2.75) is 26.1 Å². The molecule has 0 amide bonds. The van der Waals surface area contributed by atoms with Gasteiger partial charge in [0, 0.05) is 32.0 Å². The maximum Gasteiger partial charge on any atom is 0.0948 e. The third-order valence-electron chi connectivity index (χ3n) is 2.41. The fourth-order valence-electron chi connectivity index (χ4n) is 1.63. The van der Waals surface area contributed by atoms with E-state index in [1.54, 1.807) is 6.20 Å². The van der Waals surface area contributed by atoms with Gasteiger partial charge in [-0.15, -0.1) is 5.10 Å². The number of nitrogens with zero attached hydrogens (tertiary/aromatic N) is 5. The number of nitrogens with one attached hydrogen (secondary N) is 1. The molecule has 86 valence electrons. The molecule has 0 bridgehead atoms. The molecule has 6 nitrogen and oxygen atoms in total. The van der Waals surface area contributed by atoms with Gasteiger partial charge in [-0.05, 0) is 13.5 Å². The van der Waals surface area contributed by atoms with Crippen LogP contribution in [0, 0.1) is 0 Å². The van der Waals surface area contributed by atoms with E-state index < -0.39 is 0 Å². The molecule has 16 heavy (non-hydrogen) atoms. The number of hydrogen-bond acceptors (Lipinski definition) is 4. The van der Waals surface area contributed by atoms with E-state index in [1.807, 2.05) is 30.5 Å². The summed E-state index contributed by atoms with van der Waals surface area (Å²) >= 11 is 0. The zero-order chi connectivity index (χ0) is 11.2. The molecule has 0 saturated heterocycles. The van der Waals surface area contributed by atoms with Gasteiger partial charge < -0.3 is 9.88 Å². The molecule has 6 heteroatoms. The van der Waals surface area contributed by atoms with Gasteiger partial charge in [0.05, 0.1) is 18.2 Å². The normalized spacial score (nSPS) is 10.8. The molecule has 2 aromatic rings. The van der Waals surface area contributed by atoms with Crippen LogP contribution in [0.25, 0.3) is 0 Å². The third-order valence-corrected chi connectivity index (χ3v) is 2.41. The van der Waals surface area contributed by atoms with Crippen LogP contribution >= 0.6 is 0 Å². The van der Waals surface area contributed by atoms with E-state index in [2.05, 4.69) is 25.2 Å². The van der Waals surface area contributed by atoms with Crippen LogP contribution in [-0.2, 0) is 19.6 Å². The molecule has 0 aliphatic rings. The van der Waals surface area contributed by atoms with Crippen LogP contribution in [0.4, 0.5) is 0 Å². The highest BCUT2D eigenvalue weighted by Gasteiger charge is 2.00. The summed E-state index contributed by atoms with van der Waals surface area (Å²) in [4.78, 5) is 4.14. The van der Waals surface area contributed by atoms with Crippen molar-refractivity contribution >= 4 is 0 Å². The molecule has 0 aliphatic heterocycles. The van der Waals surface area contributed by atoms with E-state index >= 15 is 0 Å². The minimum atomic E-state index is 0.851. The minimum Gasteiger partial charge on any atom is -0.333 e. The molecule has 2 rings (SSSR count). The lowest BCUT2D eigenvalue weighted by Gasteiger charge is -2.07. The molecule has 0 spiro atoms. The van der Waals surface area contributed by atoms with Crippen molar-refractivity contribution in [1.82, 2.24) is 29.9 Å². The topological polar surface area (TPSA) is 60.6 Å². The van der Waals surface area contributed by atoms with E-state index in [9.17, 15) is 0 Å². The van der Waals surface area contributed by atoms with Crippen molar-refractivity contribution in [3.8, 4) is 0 Å². The molecular weight excluding hydrogens is 204 g/mol. The highest BCUT2D eigenvalue weighted by molar-refractivity contribution is 4.97. The summed E-state index contributed by atoms with van der Waals surface area (Å²) in [6.07, 6.45) is 8.36. The van der Waals surface area contributed by atoms with E-state index in [0.717, 1.165) is 26.1 Å². The fraction of sp³-hybridized carbons (Fsp3) is 0.500. The Labute approximate surface area is 94.3 Å². The molecule has 0 aliphatic carbocycles. The second kappa shape index (κ2) is 5.41. The first kappa shape index (κ1) is 10.8. The Morgan fingerprint density at radius 3 is 3.06 bits per heavy atom. The summed E-state index contributed by atoms with van der Waals surface area (Å²) in [6.45, 7) is 2.69. The van der Waals surface area contributed by atoms with Gasteiger partial charge in [0.25, 0.3) is 0 Å². The predicted octanol–water partition coefficient (Wildman–Crippen LogP) is 0.284. The van der Waals surface area contributed by atoms with Crippen molar-refractivity contribution in [2.24, 2.45) is 0 Å². The Hall–Kier alpha value is -1.69. The molecule has 0 unspecified atom stereocenters. The van der Waals surface area contributed by atoms with Gasteiger partial charge in [-0.2, -0.15) is 0 Å². The van der Waals surface area contributed by atoms with Crippen molar-refractivity contribution in [1.29, 1.82) is 0 Å². The van der Waals surface area contributed by atoms with Crippen LogP contribution < -0.4 is 5.32 Å². The quantitative estimate of drug-likeness (QED) is 0.760.